The Morgan fingerprint density at radius 1 is 1.08 bits per heavy atom. The molecule has 1 fully saturated rings. The largest absolute Gasteiger partial charge is 0.490 e. The van der Waals surface area contributed by atoms with E-state index in [0.717, 1.165) is 16.7 Å². The van der Waals surface area contributed by atoms with Crippen molar-refractivity contribution in [2.45, 2.75) is 26.9 Å². The normalized spacial score (nSPS) is 15.4. The third kappa shape index (κ3) is 6.47. The SMILES string of the molecule is C=CCc1cc(/C=C2/SC(=Nc3ccc(F)cc3)N(CC)C2=O)cc(OCC)c1OCc1ccccc1Cl. The lowest BCUT2D eigenvalue weighted by molar-refractivity contribution is -0.122. The molecule has 1 aliphatic rings. The molecule has 0 N–H and O–H groups in total. The molecule has 0 spiro atoms. The van der Waals surface area contributed by atoms with Crippen LogP contribution in [0.3, 0.4) is 0 Å². The van der Waals surface area contributed by atoms with Gasteiger partial charge < -0.3 is 9.47 Å². The summed E-state index contributed by atoms with van der Waals surface area (Å²) in [7, 11) is 0. The number of thioether (sulfide) groups is 1. The van der Waals surface area contributed by atoms with Gasteiger partial charge in [-0.1, -0.05) is 35.9 Å². The summed E-state index contributed by atoms with van der Waals surface area (Å²) >= 11 is 7.60. The molecular weight excluding hydrogens is 523 g/mol. The van der Waals surface area contributed by atoms with E-state index >= 15 is 0 Å². The molecule has 0 aliphatic carbocycles. The van der Waals surface area contributed by atoms with Gasteiger partial charge in [-0.25, -0.2) is 9.38 Å². The average molecular weight is 551 g/mol. The lowest BCUT2D eigenvalue weighted by atomic mass is 10.0. The Kier molecular flexibility index (Phi) is 9.26. The first-order chi connectivity index (χ1) is 18.4. The van der Waals surface area contributed by atoms with Crippen LogP contribution in [-0.2, 0) is 17.8 Å². The molecule has 0 unspecified atom stereocenters. The van der Waals surface area contributed by atoms with Gasteiger partial charge in [0.15, 0.2) is 16.7 Å². The molecule has 1 amide bonds. The van der Waals surface area contributed by atoms with Crippen molar-refractivity contribution in [1.29, 1.82) is 0 Å². The number of aliphatic imine (C=N–C) groups is 1. The van der Waals surface area contributed by atoms with E-state index in [-0.39, 0.29) is 18.3 Å². The van der Waals surface area contributed by atoms with Gasteiger partial charge in [0.25, 0.3) is 5.91 Å². The van der Waals surface area contributed by atoms with E-state index in [1.54, 1.807) is 23.1 Å². The van der Waals surface area contributed by atoms with Gasteiger partial charge in [-0.15, -0.1) is 6.58 Å². The zero-order valence-corrected chi connectivity index (χ0v) is 22.8. The Labute approximate surface area is 231 Å². The van der Waals surface area contributed by atoms with Crippen molar-refractivity contribution in [3.05, 3.63) is 106 Å². The molecule has 196 valence electrons. The van der Waals surface area contributed by atoms with Gasteiger partial charge in [-0.3, -0.25) is 9.69 Å². The number of carbonyl (C=O) groups excluding carboxylic acids is 1. The molecule has 1 saturated heterocycles. The van der Waals surface area contributed by atoms with Crippen LogP contribution in [0.4, 0.5) is 10.1 Å². The van der Waals surface area contributed by atoms with Crippen molar-refractivity contribution >= 4 is 46.2 Å². The van der Waals surface area contributed by atoms with Crippen molar-refractivity contribution in [1.82, 2.24) is 4.90 Å². The minimum atomic E-state index is -0.336. The zero-order chi connectivity index (χ0) is 27.1. The number of ether oxygens (including phenoxy) is 2. The maximum absolute atomic E-state index is 13.3. The second-order valence-electron chi connectivity index (χ2n) is 8.34. The number of nitrogens with zero attached hydrogens (tertiary/aromatic N) is 2. The Morgan fingerprint density at radius 2 is 1.84 bits per heavy atom. The molecule has 0 radical (unpaired) electrons. The summed E-state index contributed by atoms with van der Waals surface area (Å²) in [5.74, 6) is 0.721. The number of halogens is 2. The molecule has 5 nitrogen and oxygen atoms in total. The van der Waals surface area contributed by atoms with Gasteiger partial charge in [-0.05, 0) is 86.1 Å². The molecule has 3 aromatic carbocycles. The highest BCUT2D eigenvalue weighted by atomic mass is 35.5. The summed E-state index contributed by atoms with van der Waals surface area (Å²) < 4.78 is 25.5. The summed E-state index contributed by atoms with van der Waals surface area (Å²) in [5.41, 5.74) is 3.12. The lowest BCUT2D eigenvalue weighted by Gasteiger charge is -2.17. The maximum Gasteiger partial charge on any atom is 0.266 e. The second kappa shape index (κ2) is 12.8. The van der Waals surface area contributed by atoms with E-state index in [9.17, 15) is 9.18 Å². The van der Waals surface area contributed by atoms with Crippen molar-refractivity contribution in [2.75, 3.05) is 13.2 Å². The number of amidine groups is 1. The maximum atomic E-state index is 13.3. The minimum absolute atomic E-state index is 0.138. The minimum Gasteiger partial charge on any atom is -0.490 e. The fraction of sp³-hybridized carbons (Fsp3) is 0.200. The Hall–Kier alpha value is -3.55. The van der Waals surface area contributed by atoms with Gasteiger partial charge >= 0.3 is 0 Å². The number of benzene rings is 3. The third-order valence-corrected chi connectivity index (χ3v) is 7.08. The van der Waals surface area contributed by atoms with E-state index in [4.69, 9.17) is 21.1 Å². The number of likely N-dealkylation sites (N-methyl/N-ethyl adjacent to an activating group) is 1. The topological polar surface area (TPSA) is 51.1 Å². The van der Waals surface area contributed by atoms with Crippen LogP contribution in [0, 0.1) is 5.82 Å². The first-order valence-corrected chi connectivity index (χ1v) is 13.4. The molecule has 0 aromatic heterocycles. The molecule has 1 aliphatic heterocycles. The van der Waals surface area contributed by atoms with E-state index < -0.39 is 0 Å². The van der Waals surface area contributed by atoms with Crippen molar-refractivity contribution in [3.8, 4) is 11.5 Å². The summed E-state index contributed by atoms with van der Waals surface area (Å²) in [6, 6.07) is 17.2. The van der Waals surface area contributed by atoms with Crippen LogP contribution in [0.5, 0.6) is 11.5 Å². The first-order valence-electron chi connectivity index (χ1n) is 12.3. The summed E-state index contributed by atoms with van der Waals surface area (Å²) in [4.78, 5) is 19.9. The van der Waals surface area contributed by atoms with E-state index in [1.807, 2.05) is 56.3 Å². The first kappa shape index (κ1) is 27.5. The van der Waals surface area contributed by atoms with Crippen LogP contribution in [0.15, 0.2) is 83.2 Å². The van der Waals surface area contributed by atoms with E-state index in [1.165, 1.54) is 23.9 Å². The van der Waals surface area contributed by atoms with Gasteiger partial charge in [0.2, 0.25) is 0 Å². The average Bonchev–Trinajstić information content (AvgIpc) is 3.19. The number of rotatable bonds is 10. The summed E-state index contributed by atoms with van der Waals surface area (Å²) in [6.07, 6.45) is 4.18. The highest BCUT2D eigenvalue weighted by Gasteiger charge is 2.32. The lowest BCUT2D eigenvalue weighted by Crippen LogP contribution is -2.28. The predicted octanol–water partition coefficient (Wildman–Crippen LogP) is 7.81. The molecule has 1 heterocycles. The van der Waals surface area contributed by atoms with Crippen LogP contribution >= 0.6 is 23.4 Å². The van der Waals surface area contributed by atoms with Crippen LogP contribution in [0.1, 0.15) is 30.5 Å². The summed E-state index contributed by atoms with van der Waals surface area (Å²) in [5, 5.41) is 1.18. The number of allylic oxidation sites excluding steroid dienone is 1. The monoisotopic (exact) mass is 550 g/mol. The van der Waals surface area contributed by atoms with Crippen LogP contribution in [0.2, 0.25) is 5.02 Å². The van der Waals surface area contributed by atoms with E-state index in [2.05, 4.69) is 11.6 Å². The van der Waals surface area contributed by atoms with Crippen molar-refractivity contribution in [2.24, 2.45) is 4.99 Å². The predicted molar refractivity (Wildman–Crippen MR) is 154 cm³/mol. The van der Waals surface area contributed by atoms with Gasteiger partial charge in [0, 0.05) is 22.7 Å². The summed E-state index contributed by atoms with van der Waals surface area (Å²) in [6.45, 7) is 8.88. The quantitative estimate of drug-likeness (QED) is 0.191. The van der Waals surface area contributed by atoms with Gasteiger partial charge in [-0.2, -0.15) is 0 Å². The van der Waals surface area contributed by atoms with Crippen LogP contribution in [0.25, 0.3) is 6.08 Å². The number of amides is 1. The molecular formula is C30H28ClFN2O3S. The molecule has 38 heavy (non-hydrogen) atoms. The number of hydrogen-bond acceptors (Lipinski definition) is 5. The Bertz CT molecular complexity index is 1390. The Morgan fingerprint density at radius 3 is 2.53 bits per heavy atom. The fourth-order valence-electron chi connectivity index (χ4n) is 3.91. The molecule has 8 heteroatoms. The molecule has 0 atom stereocenters. The number of hydrogen-bond donors (Lipinski definition) is 0. The molecule has 0 bridgehead atoms. The number of carbonyl (C=O) groups is 1. The van der Waals surface area contributed by atoms with E-state index in [0.29, 0.717) is 51.9 Å². The standard InChI is InChI=1S/C30H28ClFN2O3S/c1-4-9-21-16-20(17-26(36-6-3)28(21)37-19-22-10-7-8-11-25(22)31)18-27-29(35)34(5-2)30(38-27)33-24-14-12-23(32)13-15-24/h4,7-8,10-18H,1,5-6,9,19H2,2-3H3/b27-18+,33-30?. The van der Waals surface area contributed by atoms with Gasteiger partial charge in [0.1, 0.15) is 12.4 Å². The highest BCUT2D eigenvalue weighted by molar-refractivity contribution is 8.18. The van der Waals surface area contributed by atoms with Gasteiger partial charge in [0.05, 0.1) is 17.2 Å². The highest BCUT2D eigenvalue weighted by Crippen LogP contribution is 2.38. The Balaban J connectivity index is 1.67. The second-order valence-corrected chi connectivity index (χ2v) is 9.76. The van der Waals surface area contributed by atoms with Crippen molar-refractivity contribution in [3.63, 3.8) is 0 Å². The third-order valence-electron chi connectivity index (χ3n) is 5.70. The van der Waals surface area contributed by atoms with Crippen LogP contribution < -0.4 is 9.47 Å². The molecule has 3 aromatic rings. The molecule has 0 saturated carbocycles. The van der Waals surface area contributed by atoms with Crippen molar-refractivity contribution < 1.29 is 18.7 Å². The molecule has 4 rings (SSSR count). The fourth-order valence-corrected chi connectivity index (χ4v) is 5.17. The zero-order valence-electron chi connectivity index (χ0n) is 21.2. The van der Waals surface area contributed by atoms with Crippen LogP contribution in [-0.4, -0.2) is 29.1 Å². The smallest absolute Gasteiger partial charge is 0.266 e.